The van der Waals surface area contributed by atoms with Crippen molar-refractivity contribution in [2.45, 2.75) is 24.7 Å². The molecule has 0 saturated heterocycles. The van der Waals surface area contributed by atoms with E-state index in [0.717, 1.165) is 12.5 Å². The lowest BCUT2D eigenvalue weighted by molar-refractivity contribution is -0.141. The molecule has 1 saturated carbocycles. The molecule has 1 aliphatic rings. The number of hydrogen-bond acceptors (Lipinski definition) is 3. The Balaban J connectivity index is 2.12. The second-order valence-electron chi connectivity index (χ2n) is 3.56. The maximum atomic E-state index is 12.3. The van der Waals surface area contributed by atoms with E-state index in [2.05, 4.69) is 10.3 Å². The molecule has 1 heterocycles. The molecule has 2 unspecified atom stereocenters. The van der Waals surface area contributed by atoms with Gasteiger partial charge in [-0.05, 0) is 18.6 Å². The number of nitrogens with one attached hydrogen (secondary N) is 1. The van der Waals surface area contributed by atoms with Gasteiger partial charge < -0.3 is 11.1 Å². The zero-order chi connectivity index (χ0) is 11.1. The van der Waals surface area contributed by atoms with Crippen molar-refractivity contribution in [3.8, 4) is 0 Å². The number of aromatic nitrogens is 1. The standard InChI is InChI=1S/C9H10F3N3/c10-9(11,12)7-2-1-3-8(15-7)14-6-4-5(6)13/h1-3,5-6H,4,13H2,(H,14,15). The average Bonchev–Trinajstić information content (AvgIpc) is 2.81. The first-order valence-corrected chi connectivity index (χ1v) is 4.53. The third kappa shape index (κ3) is 2.38. The fourth-order valence-corrected chi connectivity index (χ4v) is 1.24. The lowest BCUT2D eigenvalue weighted by Crippen LogP contribution is -2.15. The molecule has 0 aliphatic heterocycles. The van der Waals surface area contributed by atoms with Gasteiger partial charge in [0.15, 0.2) is 0 Å². The highest BCUT2D eigenvalue weighted by Gasteiger charge is 2.35. The van der Waals surface area contributed by atoms with Crippen LogP contribution in [-0.2, 0) is 6.18 Å². The predicted molar refractivity (Wildman–Crippen MR) is 49.2 cm³/mol. The van der Waals surface area contributed by atoms with Crippen LogP contribution in [0.1, 0.15) is 12.1 Å². The first-order valence-electron chi connectivity index (χ1n) is 4.53. The van der Waals surface area contributed by atoms with Crippen molar-refractivity contribution in [3.05, 3.63) is 23.9 Å². The predicted octanol–water partition coefficient (Wildman–Crippen LogP) is 1.61. The SMILES string of the molecule is NC1CC1Nc1cccc(C(F)(F)F)n1. The molecule has 0 amide bonds. The molecular weight excluding hydrogens is 207 g/mol. The van der Waals surface area contributed by atoms with Gasteiger partial charge in [0.2, 0.25) is 0 Å². The summed E-state index contributed by atoms with van der Waals surface area (Å²) in [7, 11) is 0. The van der Waals surface area contributed by atoms with E-state index in [1.54, 1.807) is 0 Å². The molecular formula is C9H10F3N3. The van der Waals surface area contributed by atoms with Gasteiger partial charge in [0, 0.05) is 12.1 Å². The minimum absolute atomic E-state index is 0.0290. The van der Waals surface area contributed by atoms with Gasteiger partial charge in [-0.25, -0.2) is 4.98 Å². The number of halogens is 3. The minimum Gasteiger partial charge on any atom is -0.366 e. The Morgan fingerprint density at radius 3 is 2.60 bits per heavy atom. The van der Waals surface area contributed by atoms with E-state index in [0.29, 0.717) is 0 Å². The molecule has 1 aromatic rings. The van der Waals surface area contributed by atoms with Crippen LogP contribution < -0.4 is 11.1 Å². The van der Waals surface area contributed by atoms with Crippen LogP contribution in [0, 0.1) is 0 Å². The molecule has 0 spiro atoms. The molecule has 0 radical (unpaired) electrons. The highest BCUT2D eigenvalue weighted by atomic mass is 19.4. The monoisotopic (exact) mass is 217 g/mol. The first-order chi connectivity index (χ1) is 6.97. The van der Waals surface area contributed by atoms with Crippen LogP contribution in [0.25, 0.3) is 0 Å². The Hall–Kier alpha value is -1.30. The molecule has 1 aromatic heterocycles. The quantitative estimate of drug-likeness (QED) is 0.791. The van der Waals surface area contributed by atoms with E-state index >= 15 is 0 Å². The van der Waals surface area contributed by atoms with E-state index < -0.39 is 11.9 Å². The lowest BCUT2D eigenvalue weighted by atomic mass is 10.3. The average molecular weight is 217 g/mol. The van der Waals surface area contributed by atoms with Crippen LogP contribution in [0.5, 0.6) is 0 Å². The van der Waals surface area contributed by atoms with Crippen molar-refractivity contribution in [1.82, 2.24) is 4.98 Å². The fraction of sp³-hybridized carbons (Fsp3) is 0.444. The number of nitrogens with zero attached hydrogens (tertiary/aromatic N) is 1. The second kappa shape index (κ2) is 3.37. The van der Waals surface area contributed by atoms with E-state index in [1.165, 1.54) is 12.1 Å². The summed E-state index contributed by atoms with van der Waals surface area (Å²) in [6.07, 6.45) is -3.62. The summed E-state index contributed by atoms with van der Waals surface area (Å²) in [6, 6.07) is 3.85. The van der Waals surface area contributed by atoms with Crippen molar-refractivity contribution < 1.29 is 13.2 Å². The Kier molecular flexibility index (Phi) is 2.30. The zero-order valence-electron chi connectivity index (χ0n) is 7.75. The maximum absolute atomic E-state index is 12.3. The van der Waals surface area contributed by atoms with Crippen LogP contribution in [0.15, 0.2) is 18.2 Å². The lowest BCUT2D eigenvalue weighted by Gasteiger charge is -2.08. The summed E-state index contributed by atoms with van der Waals surface area (Å²) in [6.45, 7) is 0. The van der Waals surface area contributed by atoms with Crippen molar-refractivity contribution in [1.29, 1.82) is 0 Å². The largest absolute Gasteiger partial charge is 0.433 e. The maximum Gasteiger partial charge on any atom is 0.433 e. The van der Waals surface area contributed by atoms with E-state index in [1.807, 2.05) is 0 Å². The van der Waals surface area contributed by atoms with E-state index in [4.69, 9.17) is 5.73 Å². The molecule has 15 heavy (non-hydrogen) atoms. The number of anilines is 1. The van der Waals surface area contributed by atoms with Crippen molar-refractivity contribution in [2.24, 2.45) is 5.73 Å². The third-order valence-corrected chi connectivity index (χ3v) is 2.21. The Labute approximate surface area is 84.5 Å². The molecule has 1 fully saturated rings. The van der Waals surface area contributed by atoms with Crippen molar-refractivity contribution in [2.75, 3.05) is 5.32 Å². The molecule has 3 nitrogen and oxygen atoms in total. The first kappa shape index (κ1) is 10.2. The third-order valence-electron chi connectivity index (χ3n) is 2.21. The number of pyridine rings is 1. The molecule has 82 valence electrons. The van der Waals surface area contributed by atoms with Gasteiger partial charge in [-0.1, -0.05) is 6.07 Å². The Morgan fingerprint density at radius 1 is 1.40 bits per heavy atom. The van der Waals surface area contributed by atoms with Gasteiger partial charge in [-0.15, -0.1) is 0 Å². The van der Waals surface area contributed by atoms with E-state index in [9.17, 15) is 13.2 Å². The molecule has 0 bridgehead atoms. The molecule has 3 N–H and O–H groups in total. The van der Waals surface area contributed by atoms with Crippen LogP contribution in [0.4, 0.5) is 19.0 Å². The van der Waals surface area contributed by atoms with Gasteiger partial charge in [0.1, 0.15) is 11.5 Å². The van der Waals surface area contributed by atoms with Crippen LogP contribution in [-0.4, -0.2) is 17.1 Å². The Morgan fingerprint density at radius 2 is 2.07 bits per heavy atom. The normalized spacial score (nSPS) is 25.1. The molecule has 6 heteroatoms. The highest BCUT2D eigenvalue weighted by molar-refractivity contribution is 5.39. The van der Waals surface area contributed by atoms with Gasteiger partial charge in [0.05, 0.1) is 0 Å². The topological polar surface area (TPSA) is 50.9 Å². The summed E-state index contributed by atoms with van der Waals surface area (Å²) >= 11 is 0. The Bertz CT molecular complexity index is 364. The van der Waals surface area contributed by atoms with Gasteiger partial charge in [-0.2, -0.15) is 13.2 Å². The fourth-order valence-electron chi connectivity index (χ4n) is 1.24. The molecule has 1 aliphatic carbocycles. The van der Waals surface area contributed by atoms with Crippen molar-refractivity contribution >= 4 is 5.82 Å². The smallest absolute Gasteiger partial charge is 0.366 e. The van der Waals surface area contributed by atoms with Gasteiger partial charge in [-0.3, -0.25) is 0 Å². The second-order valence-corrected chi connectivity index (χ2v) is 3.56. The number of nitrogens with two attached hydrogens (primary N) is 1. The van der Waals surface area contributed by atoms with Gasteiger partial charge >= 0.3 is 6.18 Å². The number of rotatable bonds is 2. The van der Waals surface area contributed by atoms with Crippen LogP contribution in [0.2, 0.25) is 0 Å². The minimum atomic E-state index is -4.40. The highest BCUT2D eigenvalue weighted by Crippen LogP contribution is 2.29. The molecule has 2 atom stereocenters. The molecule has 0 aromatic carbocycles. The summed E-state index contributed by atoms with van der Waals surface area (Å²) in [4.78, 5) is 3.47. The van der Waals surface area contributed by atoms with Crippen LogP contribution >= 0.6 is 0 Å². The summed E-state index contributed by atoms with van der Waals surface area (Å²) in [5.74, 6) is 0.225. The number of alkyl halides is 3. The van der Waals surface area contributed by atoms with Crippen LogP contribution in [0.3, 0.4) is 0 Å². The zero-order valence-corrected chi connectivity index (χ0v) is 7.75. The molecule has 2 rings (SSSR count). The van der Waals surface area contributed by atoms with Crippen molar-refractivity contribution in [3.63, 3.8) is 0 Å². The summed E-state index contributed by atoms with van der Waals surface area (Å²) in [5.41, 5.74) is 4.64. The summed E-state index contributed by atoms with van der Waals surface area (Å²) < 4.78 is 36.8. The summed E-state index contributed by atoms with van der Waals surface area (Å²) in [5, 5.41) is 2.84. The number of hydrogen-bond donors (Lipinski definition) is 2. The van der Waals surface area contributed by atoms with Gasteiger partial charge in [0.25, 0.3) is 0 Å². The van der Waals surface area contributed by atoms with E-state index in [-0.39, 0.29) is 17.9 Å².